The molecule has 0 bridgehead atoms. The smallest absolute Gasteiger partial charge is 0.135 e. The number of pyridine rings is 1. The fraction of sp³-hybridized carbons (Fsp3) is 0.160. The maximum Gasteiger partial charge on any atom is 0.135 e. The summed E-state index contributed by atoms with van der Waals surface area (Å²) in [5.41, 5.74) is 11.5. The fourth-order valence-electron chi connectivity index (χ4n) is 7.49. The maximum atomic E-state index is 4.87. The molecule has 0 amide bonds. The molecule has 56 heavy (non-hydrogen) atoms. The first kappa shape index (κ1) is 37.8. The number of aromatic nitrogens is 2. The van der Waals surface area contributed by atoms with Crippen molar-refractivity contribution in [2.24, 2.45) is 0 Å². The van der Waals surface area contributed by atoms with Gasteiger partial charge in [-0.2, -0.15) is 24.3 Å². The van der Waals surface area contributed by atoms with E-state index < -0.39 is 0 Å². The molecule has 0 spiro atoms. The average Bonchev–Trinajstić information content (AvgIpc) is 3.74. The van der Waals surface area contributed by atoms with E-state index in [0.29, 0.717) is 0 Å². The van der Waals surface area contributed by atoms with Crippen LogP contribution in [-0.2, 0) is 31.9 Å². The zero-order valence-electron chi connectivity index (χ0n) is 32.4. The number of hydrogen-bond donors (Lipinski definition) is 0. The van der Waals surface area contributed by atoms with Crippen LogP contribution in [0.1, 0.15) is 52.7 Å². The molecule has 9 rings (SSSR count). The molecule has 0 unspecified atom stereocenters. The summed E-state index contributed by atoms with van der Waals surface area (Å²) in [4.78, 5) is 11.5. The third-order valence-corrected chi connectivity index (χ3v) is 11.4. The van der Waals surface area contributed by atoms with Gasteiger partial charge in [0.05, 0.1) is 0 Å². The van der Waals surface area contributed by atoms with Gasteiger partial charge in [-0.05, 0) is 69.3 Å². The molecule has 4 nitrogen and oxygen atoms in total. The summed E-state index contributed by atoms with van der Waals surface area (Å²) in [5.74, 6) is 0.904. The van der Waals surface area contributed by atoms with Gasteiger partial charge in [-0.1, -0.05) is 120 Å². The summed E-state index contributed by atoms with van der Waals surface area (Å²) in [7, 11) is 0. The number of nitrogens with zero attached hydrogens (tertiary/aromatic N) is 4. The Bertz CT molecular complexity index is 2700. The Labute approximate surface area is 349 Å². The summed E-state index contributed by atoms with van der Waals surface area (Å²) in [6, 6.07) is 57.5. The SMILES string of the molecule is CC(C)(C)c1ccnc(-n2c3[c-]c(Sc4[c-]c(N5[CH-]N(c6cc(C(C)(C)C)ccc6-c6ccccc6)c6ccccc65)ccc4)ccc3c3ccccc32)c1.[Pt]. The Morgan fingerprint density at radius 1 is 0.571 bits per heavy atom. The second-order valence-electron chi connectivity index (χ2n) is 16.3. The van der Waals surface area contributed by atoms with Crippen molar-refractivity contribution in [1.29, 1.82) is 0 Å². The molecule has 8 aromatic rings. The van der Waals surface area contributed by atoms with E-state index in [0.717, 1.165) is 54.8 Å². The second-order valence-corrected chi connectivity index (χ2v) is 17.4. The van der Waals surface area contributed by atoms with Crippen molar-refractivity contribution in [1.82, 2.24) is 9.55 Å². The van der Waals surface area contributed by atoms with Crippen molar-refractivity contribution in [2.75, 3.05) is 9.80 Å². The quantitative estimate of drug-likeness (QED) is 0.155. The molecule has 0 fully saturated rings. The van der Waals surface area contributed by atoms with Crippen molar-refractivity contribution in [2.45, 2.75) is 62.2 Å². The van der Waals surface area contributed by atoms with E-state index in [9.17, 15) is 0 Å². The first-order valence-corrected chi connectivity index (χ1v) is 19.7. The number of anilines is 4. The fourth-order valence-corrected chi connectivity index (χ4v) is 8.31. The normalized spacial score (nSPS) is 13.0. The van der Waals surface area contributed by atoms with E-state index in [2.05, 4.69) is 214 Å². The summed E-state index contributed by atoms with van der Waals surface area (Å²) in [6.07, 6.45) is 1.92. The molecule has 6 heteroatoms. The summed E-state index contributed by atoms with van der Waals surface area (Å²) in [5, 5.41) is 2.35. The van der Waals surface area contributed by atoms with Gasteiger partial charge in [0.15, 0.2) is 0 Å². The van der Waals surface area contributed by atoms with Gasteiger partial charge in [-0.25, -0.2) is 4.98 Å². The van der Waals surface area contributed by atoms with Gasteiger partial charge < -0.3 is 14.4 Å². The van der Waals surface area contributed by atoms with Gasteiger partial charge >= 0.3 is 0 Å². The van der Waals surface area contributed by atoms with Crippen LogP contribution in [0.2, 0.25) is 0 Å². The molecule has 282 valence electrons. The largest absolute Gasteiger partial charge is 0.493 e. The molecule has 1 aliphatic rings. The van der Waals surface area contributed by atoms with Crippen LogP contribution in [-0.4, -0.2) is 9.55 Å². The van der Waals surface area contributed by atoms with Crippen molar-refractivity contribution in [3.63, 3.8) is 0 Å². The monoisotopic (exact) mass is 926 g/mol. The first-order valence-electron chi connectivity index (χ1n) is 18.9. The number of rotatable bonds is 6. The molecule has 6 aromatic carbocycles. The van der Waals surface area contributed by atoms with Crippen molar-refractivity contribution >= 4 is 56.3 Å². The summed E-state index contributed by atoms with van der Waals surface area (Å²) < 4.78 is 2.26. The van der Waals surface area contributed by atoms with Gasteiger partial charge in [0.2, 0.25) is 0 Å². The molecule has 0 radical (unpaired) electrons. The Morgan fingerprint density at radius 2 is 1.25 bits per heavy atom. The average molecular weight is 927 g/mol. The Morgan fingerprint density at radius 3 is 2.02 bits per heavy atom. The molecule has 1 aliphatic heterocycles. The van der Waals surface area contributed by atoms with E-state index in [4.69, 9.17) is 4.98 Å². The third-order valence-electron chi connectivity index (χ3n) is 10.5. The minimum Gasteiger partial charge on any atom is -0.493 e. The Hall–Kier alpha value is -5.09. The minimum absolute atomic E-state index is 0. The van der Waals surface area contributed by atoms with Gasteiger partial charge in [0.25, 0.3) is 0 Å². The molecule has 0 aliphatic carbocycles. The summed E-state index contributed by atoms with van der Waals surface area (Å²) in [6.45, 7) is 15.8. The van der Waals surface area contributed by atoms with Crippen LogP contribution in [0.25, 0.3) is 38.8 Å². The van der Waals surface area contributed by atoms with Crippen molar-refractivity contribution in [3.05, 3.63) is 176 Å². The second kappa shape index (κ2) is 14.8. The molecule has 0 N–H and O–H groups in total. The van der Waals surface area contributed by atoms with Gasteiger partial charge in [0.1, 0.15) is 5.82 Å². The first-order chi connectivity index (χ1) is 26.5. The maximum absolute atomic E-state index is 4.87. The topological polar surface area (TPSA) is 24.3 Å². The van der Waals surface area contributed by atoms with Crippen LogP contribution in [0.4, 0.5) is 22.7 Å². The van der Waals surface area contributed by atoms with Crippen LogP contribution in [0.3, 0.4) is 0 Å². The molecule has 2 aromatic heterocycles. The van der Waals surface area contributed by atoms with Gasteiger partial charge in [-0.15, -0.1) is 57.5 Å². The van der Waals surface area contributed by atoms with Crippen LogP contribution in [0, 0.1) is 18.8 Å². The molecular formula is C50H43N4PtS-3. The minimum atomic E-state index is 0. The molecular weight excluding hydrogens is 884 g/mol. The van der Waals surface area contributed by atoms with E-state index in [1.165, 1.54) is 27.6 Å². The van der Waals surface area contributed by atoms with E-state index >= 15 is 0 Å². The molecule has 0 atom stereocenters. The third kappa shape index (κ3) is 6.97. The summed E-state index contributed by atoms with van der Waals surface area (Å²) >= 11 is 1.68. The zero-order valence-corrected chi connectivity index (χ0v) is 35.5. The van der Waals surface area contributed by atoms with Gasteiger partial charge in [0, 0.05) is 55.4 Å². The number of benzene rings is 6. The van der Waals surface area contributed by atoms with Crippen molar-refractivity contribution in [3.8, 4) is 16.9 Å². The Balaban J connectivity index is 0.00000441. The van der Waals surface area contributed by atoms with Gasteiger partial charge in [-0.3, -0.25) is 0 Å². The van der Waals surface area contributed by atoms with Crippen molar-refractivity contribution < 1.29 is 21.1 Å². The standard InChI is InChI=1S/C50H43N4S.Pt/c1-49(2,3)35-23-25-40(34-15-8-7-9-16-34)46(29-35)53-33-52(44-21-12-13-22-45(44)53)37-17-14-18-38(31-37)55-39-24-26-42-41-19-10-11-20-43(41)54(47(42)32-39)48-30-36(27-28-51-48)50(4,5)6;/h7-30,33H,1-6H3;/q-3;. The molecule has 0 saturated carbocycles. The number of hydrogen-bond acceptors (Lipinski definition) is 4. The van der Waals surface area contributed by atoms with E-state index in [1.54, 1.807) is 11.8 Å². The Kier molecular flexibility index (Phi) is 9.97. The van der Waals surface area contributed by atoms with Crippen LogP contribution >= 0.6 is 11.8 Å². The van der Waals surface area contributed by atoms with Crippen LogP contribution in [0.15, 0.2) is 156 Å². The molecule has 3 heterocycles. The predicted molar refractivity (Wildman–Crippen MR) is 231 cm³/mol. The molecule has 0 saturated heterocycles. The number of para-hydroxylation sites is 3. The predicted octanol–water partition coefficient (Wildman–Crippen LogP) is 13.6. The zero-order chi connectivity index (χ0) is 37.9. The van der Waals surface area contributed by atoms with Crippen LogP contribution in [0.5, 0.6) is 0 Å². The van der Waals surface area contributed by atoms with E-state index in [1.807, 2.05) is 6.20 Å². The number of fused-ring (bicyclic) bond motifs is 4. The van der Waals surface area contributed by atoms with E-state index in [-0.39, 0.29) is 31.9 Å². The van der Waals surface area contributed by atoms with Crippen LogP contribution < -0.4 is 9.80 Å².